The molecule has 0 amide bonds. The van der Waals surface area contributed by atoms with E-state index in [4.69, 9.17) is 10.2 Å². The fourth-order valence-corrected chi connectivity index (χ4v) is 6.59. The molecule has 0 aromatic carbocycles. The van der Waals surface area contributed by atoms with Crippen molar-refractivity contribution in [3.63, 3.8) is 0 Å². The molecule has 0 aliphatic heterocycles. The molecule has 0 radical (unpaired) electrons. The molecular weight excluding hydrogens is 578 g/mol. The normalized spacial score (nSPS) is 11.8. The SMILES string of the molecule is CCCCC/C=C/CCCCCCCCCCCCCCCCC[N+](CCCCC(=O)[O-])(CCCCC(=O)O)CCCCC(=O)O. The molecule has 270 valence electrons. The van der Waals surface area contributed by atoms with Crippen molar-refractivity contribution in [2.45, 2.75) is 193 Å². The summed E-state index contributed by atoms with van der Waals surface area (Å²) in [5, 5.41) is 29.0. The summed E-state index contributed by atoms with van der Waals surface area (Å²) >= 11 is 0. The van der Waals surface area contributed by atoms with Crippen LogP contribution >= 0.6 is 0 Å². The van der Waals surface area contributed by atoms with Gasteiger partial charge in [-0.3, -0.25) is 9.59 Å². The topological polar surface area (TPSA) is 115 Å². The molecule has 0 heterocycles. The van der Waals surface area contributed by atoms with E-state index in [0.29, 0.717) is 19.3 Å². The highest BCUT2D eigenvalue weighted by Gasteiger charge is 2.26. The lowest BCUT2D eigenvalue weighted by Gasteiger charge is -2.39. The van der Waals surface area contributed by atoms with Crippen molar-refractivity contribution in [2.75, 3.05) is 26.2 Å². The van der Waals surface area contributed by atoms with Crippen molar-refractivity contribution in [1.29, 1.82) is 0 Å². The van der Waals surface area contributed by atoms with Gasteiger partial charge >= 0.3 is 11.9 Å². The van der Waals surface area contributed by atoms with Gasteiger partial charge in [-0.1, -0.05) is 109 Å². The van der Waals surface area contributed by atoms with Gasteiger partial charge in [-0.2, -0.15) is 0 Å². The van der Waals surface area contributed by atoms with Gasteiger partial charge in [-0.05, 0) is 83.5 Å². The van der Waals surface area contributed by atoms with E-state index in [1.54, 1.807) is 0 Å². The monoisotopic (exact) mass is 652 g/mol. The van der Waals surface area contributed by atoms with Gasteiger partial charge in [0.15, 0.2) is 0 Å². The summed E-state index contributed by atoms with van der Waals surface area (Å²) in [5.74, 6) is -2.56. The van der Waals surface area contributed by atoms with E-state index in [2.05, 4.69) is 19.1 Å². The van der Waals surface area contributed by atoms with Crippen molar-refractivity contribution in [2.24, 2.45) is 0 Å². The number of carbonyl (C=O) groups is 3. The lowest BCUT2D eigenvalue weighted by Crippen LogP contribution is -2.51. The minimum Gasteiger partial charge on any atom is -0.550 e. The minimum absolute atomic E-state index is 0.0651. The van der Waals surface area contributed by atoms with E-state index in [1.807, 2.05) is 0 Å². The summed E-state index contributed by atoms with van der Waals surface area (Å²) in [6.07, 6.45) is 35.8. The molecule has 0 aromatic heterocycles. The van der Waals surface area contributed by atoms with Crippen molar-refractivity contribution >= 4 is 17.9 Å². The number of hydrogen-bond donors (Lipinski definition) is 2. The maximum Gasteiger partial charge on any atom is 0.303 e. The van der Waals surface area contributed by atoms with Crippen LogP contribution in [0.4, 0.5) is 0 Å². The second-order valence-electron chi connectivity index (χ2n) is 13.8. The average Bonchev–Trinajstić information content (AvgIpc) is 3.02. The molecule has 7 nitrogen and oxygen atoms in total. The predicted octanol–water partition coefficient (Wildman–Crippen LogP) is 9.61. The molecule has 0 rings (SSSR count). The van der Waals surface area contributed by atoms with Crippen LogP contribution in [0.5, 0.6) is 0 Å². The van der Waals surface area contributed by atoms with Crippen LogP contribution in [0, 0.1) is 0 Å². The number of unbranched alkanes of at least 4 members (excludes halogenated alkanes) is 21. The molecule has 46 heavy (non-hydrogen) atoms. The van der Waals surface area contributed by atoms with E-state index < -0.39 is 17.9 Å². The Morgan fingerprint density at radius 1 is 0.457 bits per heavy atom. The summed E-state index contributed by atoms with van der Waals surface area (Å²) in [6.45, 7) is 5.88. The maximum absolute atomic E-state index is 11.0. The van der Waals surface area contributed by atoms with E-state index >= 15 is 0 Å². The summed E-state index contributed by atoms with van der Waals surface area (Å²) < 4.78 is 0.850. The lowest BCUT2D eigenvalue weighted by molar-refractivity contribution is -0.929. The zero-order valence-corrected chi connectivity index (χ0v) is 30.0. The van der Waals surface area contributed by atoms with Crippen LogP contribution in [0.3, 0.4) is 0 Å². The Balaban J connectivity index is 4.14. The third-order valence-corrected chi connectivity index (χ3v) is 9.45. The first kappa shape index (κ1) is 44.1. The molecule has 2 N–H and O–H groups in total. The highest BCUT2D eigenvalue weighted by atomic mass is 16.4. The number of carbonyl (C=O) groups excluding carboxylic acids is 1. The van der Waals surface area contributed by atoms with Crippen LogP contribution < -0.4 is 5.11 Å². The molecule has 0 aliphatic carbocycles. The van der Waals surface area contributed by atoms with Crippen LogP contribution in [-0.2, 0) is 14.4 Å². The average molecular weight is 652 g/mol. The highest BCUT2D eigenvalue weighted by molar-refractivity contribution is 5.66. The van der Waals surface area contributed by atoms with Crippen LogP contribution in [-0.4, -0.2) is 58.8 Å². The molecule has 7 heteroatoms. The molecule has 0 spiro atoms. The standard InChI is InChI=1S/C39H73NO6/c1-2-3-4-5-6-7-8-9-10-11-12-13-14-15-16-17-18-19-20-21-22-26-33-40(34-27-23-30-37(41)42,35-28-24-31-38(43)44)36-29-25-32-39(45)46/h6-7H,2-5,8-36H2,1H3,(H2-,41,42,43,44,45,46)/b7-6+. The number of carboxylic acid groups (broad SMARTS) is 3. The Morgan fingerprint density at radius 2 is 0.761 bits per heavy atom. The minimum atomic E-state index is -1.01. The Kier molecular flexibility index (Phi) is 31.7. The first-order valence-electron chi connectivity index (χ1n) is 19.4. The summed E-state index contributed by atoms with van der Waals surface area (Å²) in [5.41, 5.74) is 0. The molecule has 0 saturated heterocycles. The van der Waals surface area contributed by atoms with Crippen LogP contribution in [0.1, 0.15) is 193 Å². The van der Waals surface area contributed by atoms with E-state index in [1.165, 1.54) is 122 Å². The highest BCUT2D eigenvalue weighted by Crippen LogP contribution is 2.20. The van der Waals surface area contributed by atoms with Crippen LogP contribution in [0.15, 0.2) is 12.2 Å². The third-order valence-electron chi connectivity index (χ3n) is 9.45. The van der Waals surface area contributed by atoms with Crippen LogP contribution in [0.2, 0.25) is 0 Å². The summed E-state index contributed by atoms with van der Waals surface area (Å²) in [6, 6.07) is 0. The number of carboxylic acids is 3. The second kappa shape index (κ2) is 33.0. The van der Waals surface area contributed by atoms with Crippen molar-refractivity contribution in [3.05, 3.63) is 12.2 Å². The van der Waals surface area contributed by atoms with Gasteiger partial charge in [0.2, 0.25) is 0 Å². The number of aliphatic carboxylic acids is 3. The van der Waals surface area contributed by atoms with Gasteiger partial charge in [0.25, 0.3) is 0 Å². The number of hydrogen-bond acceptors (Lipinski definition) is 4. The molecule has 0 aromatic rings. The third kappa shape index (κ3) is 32.1. The Hall–Kier alpha value is -1.89. The number of allylic oxidation sites excluding steroid dienone is 2. The molecule has 0 aliphatic rings. The first-order chi connectivity index (χ1) is 22.3. The molecule has 0 fully saturated rings. The Morgan fingerprint density at radius 3 is 1.11 bits per heavy atom. The van der Waals surface area contributed by atoms with Crippen LogP contribution in [0.25, 0.3) is 0 Å². The zero-order valence-electron chi connectivity index (χ0n) is 30.0. The van der Waals surface area contributed by atoms with Gasteiger partial charge in [-0.25, -0.2) is 0 Å². The van der Waals surface area contributed by atoms with Gasteiger partial charge in [0.1, 0.15) is 0 Å². The van der Waals surface area contributed by atoms with Gasteiger partial charge in [0.05, 0.1) is 26.2 Å². The van der Waals surface area contributed by atoms with Gasteiger partial charge < -0.3 is 24.6 Å². The zero-order chi connectivity index (χ0) is 34.0. The predicted molar refractivity (Wildman–Crippen MR) is 189 cm³/mol. The molecule has 0 atom stereocenters. The molecule has 0 bridgehead atoms. The molecule has 0 saturated carbocycles. The smallest absolute Gasteiger partial charge is 0.303 e. The van der Waals surface area contributed by atoms with E-state index in [0.717, 1.165) is 56.3 Å². The molecule has 0 unspecified atom stereocenters. The Labute approximate surface area is 283 Å². The van der Waals surface area contributed by atoms with E-state index in [-0.39, 0.29) is 19.3 Å². The first-order valence-corrected chi connectivity index (χ1v) is 19.4. The van der Waals surface area contributed by atoms with Gasteiger partial charge in [-0.15, -0.1) is 0 Å². The van der Waals surface area contributed by atoms with Crippen molar-refractivity contribution in [1.82, 2.24) is 0 Å². The van der Waals surface area contributed by atoms with Crippen molar-refractivity contribution < 1.29 is 34.2 Å². The lowest BCUT2D eigenvalue weighted by atomic mass is 10.0. The van der Waals surface area contributed by atoms with Gasteiger partial charge in [0, 0.05) is 18.8 Å². The fraction of sp³-hybridized carbons (Fsp3) is 0.872. The number of nitrogens with zero attached hydrogens (tertiary/aromatic N) is 1. The quantitative estimate of drug-likeness (QED) is 0.0393. The second-order valence-corrected chi connectivity index (χ2v) is 13.8. The Bertz CT molecular complexity index is 698. The number of rotatable bonds is 37. The van der Waals surface area contributed by atoms with E-state index in [9.17, 15) is 19.5 Å². The molecular formula is C39H73NO6. The summed E-state index contributed by atoms with van der Waals surface area (Å²) in [7, 11) is 0. The largest absolute Gasteiger partial charge is 0.550 e. The van der Waals surface area contributed by atoms with Crippen molar-refractivity contribution in [3.8, 4) is 0 Å². The number of quaternary nitrogens is 1. The summed E-state index contributed by atoms with van der Waals surface area (Å²) in [4.78, 5) is 33.0. The fourth-order valence-electron chi connectivity index (χ4n) is 6.59. The maximum atomic E-state index is 11.0.